The van der Waals surface area contributed by atoms with E-state index >= 15 is 0 Å². The first-order chi connectivity index (χ1) is 29.8. The molecular formula is C58H41NO2. The smallest absolute Gasteiger partial charge is 0.159 e. The van der Waals surface area contributed by atoms with E-state index in [0.717, 1.165) is 66.5 Å². The minimum atomic E-state index is -0.156. The summed E-state index contributed by atoms with van der Waals surface area (Å²) in [4.78, 5) is 2.38. The van der Waals surface area contributed by atoms with E-state index in [1.54, 1.807) is 0 Å². The van der Waals surface area contributed by atoms with E-state index in [1.165, 1.54) is 60.8 Å². The quantitative estimate of drug-likeness (QED) is 0.178. The van der Waals surface area contributed by atoms with Crippen molar-refractivity contribution in [2.24, 2.45) is 0 Å². The first kappa shape index (κ1) is 34.5. The number of anilines is 3. The summed E-state index contributed by atoms with van der Waals surface area (Å²) in [6.45, 7) is 9.39. The molecule has 3 heteroatoms. The lowest BCUT2D eigenvalue weighted by atomic mass is 9.81. The summed E-state index contributed by atoms with van der Waals surface area (Å²) < 4.78 is 13.8. The van der Waals surface area contributed by atoms with Crippen LogP contribution in [0, 0.1) is 0 Å². The fourth-order valence-corrected chi connectivity index (χ4v) is 11.0. The summed E-state index contributed by atoms with van der Waals surface area (Å²) in [7, 11) is 0. The van der Waals surface area contributed by atoms with Gasteiger partial charge >= 0.3 is 0 Å². The number of rotatable bonds is 4. The molecule has 0 spiro atoms. The van der Waals surface area contributed by atoms with Crippen LogP contribution in [-0.2, 0) is 10.8 Å². The zero-order valence-electron chi connectivity index (χ0n) is 34.5. The highest BCUT2D eigenvalue weighted by Crippen LogP contribution is 2.53. The molecule has 0 aliphatic heterocycles. The molecule has 290 valence electrons. The molecule has 3 nitrogen and oxygen atoms in total. The number of para-hydroxylation sites is 2. The molecule has 0 radical (unpaired) electrons. The van der Waals surface area contributed by atoms with Gasteiger partial charge in [-0.1, -0.05) is 149 Å². The third-order valence-corrected chi connectivity index (χ3v) is 14.0. The van der Waals surface area contributed by atoms with Gasteiger partial charge in [0.2, 0.25) is 0 Å². The maximum atomic E-state index is 7.02. The number of furan rings is 2. The van der Waals surface area contributed by atoms with Crippen LogP contribution in [0.5, 0.6) is 0 Å². The Kier molecular flexibility index (Phi) is 6.85. The van der Waals surface area contributed by atoms with Crippen molar-refractivity contribution in [1.82, 2.24) is 0 Å². The predicted molar refractivity (Wildman–Crippen MR) is 254 cm³/mol. The summed E-state index contributed by atoms with van der Waals surface area (Å²) in [6.07, 6.45) is 0. The Balaban J connectivity index is 1.05. The largest absolute Gasteiger partial charge is 0.455 e. The second-order valence-corrected chi connectivity index (χ2v) is 18.1. The molecule has 9 aromatic carbocycles. The molecule has 0 amide bonds. The highest BCUT2D eigenvalue weighted by atomic mass is 16.3. The number of hydrogen-bond acceptors (Lipinski definition) is 3. The molecule has 2 heterocycles. The van der Waals surface area contributed by atoms with E-state index < -0.39 is 0 Å². The summed E-state index contributed by atoms with van der Waals surface area (Å²) in [5.41, 5.74) is 19.3. The predicted octanol–water partition coefficient (Wildman–Crippen LogP) is 16.4. The van der Waals surface area contributed by atoms with Crippen LogP contribution in [0.4, 0.5) is 17.1 Å². The molecule has 2 aliphatic carbocycles. The van der Waals surface area contributed by atoms with Crippen LogP contribution in [0.3, 0.4) is 0 Å². The number of nitrogens with zero attached hydrogens (tertiary/aromatic N) is 1. The van der Waals surface area contributed by atoms with Gasteiger partial charge in [-0.2, -0.15) is 0 Å². The van der Waals surface area contributed by atoms with Gasteiger partial charge in [0.1, 0.15) is 16.7 Å². The summed E-state index contributed by atoms with van der Waals surface area (Å²) >= 11 is 0. The van der Waals surface area contributed by atoms with Crippen molar-refractivity contribution in [3.05, 3.63) is 198 Å². The second-order valence-electron chi connectivity index (χ2n) is 18.1. The van der Waals surface area contributed by atoms with Crippen LogP contribution < -0.4 is 4.90 Å². The number of fused-ring (bicyclic) bond motifs is 13. The van der Waals surface area contributed by atoms with Gasteiger partial charge in [0, 0.05) is 49.3 Å². The van der Waals surface area contributed by atoms with E-state index in [1.807, 2.05) is 6.07 Å². The highest BCUT2D eigenvalue weighted by Gasteiger charge is 2.37. The van der Waals surface area contributed by atoms with Gasteiger partial charge in [-0.25, -0.2) is 0 Å². The van der Waals surface area contributed by atoms with Crippen molar-refractivity contribution in [2.45, 2.75) is 38.5 Å². The van der Waals surface area contributed by atoms with Crippen molar-refractivity contribution in [3.63, 3.8) is 0 Å². The molecule has 11 aromatic rings. The third-order valence-electron chi connectivity index (χ3n) is 14.0. The molecule has 2 aromatic heterocycles. The standard InChI is InChI=1S/C58H41NO2/c1-57(2)47-20-10-7-16-39(47)41-27-24-35(31-49(41)57)54-38-15-6-5-14-34(38)30-46-45-32-36(26-29-53(45)61-56(46)54)59(51-22-13-19-44-43-18-9-12-23-52(43)60-55(44)51)37-25-28-42-40-17-8-11-21-48(40)58(3,4)50(42)33-37/h5-33H,1-4H3. The van der Waals surface area contributed by atoms with E-state index in [9.17, 15) is 0 Å². The molecular weight excluding hydrogens is 743 g/mol. The van der Waals surface area contributed by atoms with Crippen molar-refractivity contribution in [3.8, 4) is 33.4 Å². The first-order valence-electron chi connectivity index (χ1n) is 21.3. The Hall–Kier alpha value is -7.36. The lowest BCUT2D eigenvalue weighted by molar-refractivity contribution is 0.660. The van der Waals surface area contributed by atoms with Crippen molar-refractivity contribution in [2.75, 3.05) is 4.90 Å². The Bertz CT molecular complexity index is 3670. The van der Waals surface area contributed by atoms with Crippen LogP contribution >= 0.6 is 0 Å². The Morgan fingerprint density at radius 1 is 0.377 bits per heavy atom. The molecule has 0 bridgehead atoms. The zero-order valence-corrected chi connectivity index (χ0v) is 34.5. The maximum absolute atomic E-state index is 7.02. The first-order valence-corrected chi connectivity index (χ1v) is 21.3. The Morgan fingerprint density at radius 2 is 0.951 bits per heavy atom. The molecule has 0 unspecified atom stereocenters. The summed E-state index contributed by atoms with van der Waals surface area (Å²) in [5.74, 6) is 0. The van der Waals surface area contributed by atoms with Crippen molar-refractivity contribution < 1.29 is 8.83 Å². The van der Waals surface area contributed by atoms with Crippen LogP contribution in [0.25, 0.3) is 88.0 Å². The average molecular weight is 784 g/mol. The molecule has 0 fully saturated rings. The SMILES string of the molecule is CC1(C)c2ccccc2-c2ccc(-c3c4ccccc4cc4c3oc3ccc(N(c5ccc6c(c5)C(C)(C)c5ccccc5-6)c5cccc6c5oc5ccccc56)cc34)cc21. The number of benzene rings is 9. The van der Waals surface area contributed by atoms with Gasteiger partial charge in [-0.15, -0.1) is 0 Å². The molecule has 0 saturated heterocycles. The summed E-state index contributed by atoms with van der Waals surface area (Å²) in [5, 5.41) is 6.75. The molecule has 13 rings (SSSR count). The molecule has 61 heavy (non-hydrogen) atoms. The number of hydrogen-bond donors (Lipinski definition) is 0. The molecule has 2 aliphatic rings. The van der Waals surface area contributed by atoms with Gasteiger partial charge in [0.25, 0.3) is 0 Å². The minimum Gasteiger partial charge on any atom is -0.455 e. The molecule has 0 saturated carbocycles. The zero-order chi connectivity index (χ0) is 40.8. The van der Waals surface area contributed by atoms with Crippen LogP contribution in [-0.4, -0.2) is 0 Å². The molecule has 0 atom stereocenters. The van der Waals surface area contributed by atoms with Gasteiger partial charge in [0.15, 0.2) is 5.58 Å². The van der Waals surface area contributed by atoms with E-state index in [-0.39, 0.29) is 10.8 Å². The third kappa shape index (κ3) is 4.69. The van der Waals surface area contributed by atoms with Crippen LogP contribution in [0.2, 0.25) is 0 Å². The normalized spacial score (nSPS) is 14.5. The van der Waals surface area contributed by atoms with Crippen molar-refractivity contribution in [1.29, 1.82) is 0 Å². The average Bonchev–Trinajstić information content (AvgIpc) is 3.98. The lowest BCUT2D eigenvalue weighted by Crippen LogP contribution is -2.16. The maximum Gasteiger partial charge on any atom is 0.159 e. The fraction of sp³-hybridized carbons (Fsp3) is 0.103. The summed E-state index contributed by atoms with van der Waals surface area (Å²) in [6, 6.07) is 64.3. The minimum absolute atomic E-state index is 0.115. The Morgan fingerprint density at radius 3 is 1.74 bits per heavy atom. The van der Waals surface area contributed by atoms with Crippen LogP contribution in [0.15, 0.2) is 185 Å². The van der Waals surface area contributed by atoms with Gasteiger partial charge in [-0.3, -0.25) is 0 Å². The van der Waals surface area contributed by atoms with Gasteiger partial charge in [0.05, 0.1) is 5.69 Å². The molecule has 0 N–H and O–H groups in total. The Labute approximate surface area is 354 Å². The van der Waals surface area contributed by atoms with E-state index in [4.69, 9.17) is 8.83 Å². The monoisotopic (exact) mass is 783 g/mol. The lowest BCUT2D eigenvalue weighted by Gasteiger charge is -2.28. The van der Waals surface area contributed by atoms with Gasteiger partial charge < -0.3 is 13.7 Å². The van der Waals surface area contributed by atoms with Gasteiger partial charge in [-0.05, 0) is 115 Å². The second kappa shape index (κ2) is 12.1. The van der Waals surface area contributed by atoms with Crippen molar-refractivity contribution >= 4 is 71.7 Å². The highest BCUT2D eigenvalue weighted by molar-refractivity contribution is 6.19. The fourth-order valence-electron chi connectivity index (χ4n) is 11.0. The van der Waals surface area contributed by atoms with E-state index in [0.29, 0.717) is 0 Å². The van der Waals surface area contributed by atoms with E-state index in [2.05, 4.69) is 202 Å². The topological polar surface area (TPSA) is 29.5 Å². The van der Waals surface area contributed by atoms with Crippen LogP contribution in [0.1, 0.15) is 49.9 Å².